The van der Waals surface area contributed by atoms with Crippen molar-refractivity contribution in [1.82, 2.24) is 4.90 Å². The molecule has 0 aromatic heterocycles. The van der Waals surface area contributed by atoms with Crippen LogP contribution in [0.3, 0.4) is 0 Å². The van der Waals surface area contributed by atoms with Crippen LogP contribution in [0.4, 0.5) is 11.4 Å². The minimum Gasteiger partial charge on any atom is -0.326 e. The van der Waals surface area contributed by atoms with Gasteiger partial charge in [0, 0.05) is 24.8 Å². The molecule has 0 aliphatic carbocycles. The van der Waals surface area contributed by atoms with Crippen LogP contribution in [0.15, 0.2) is 78.9 Å². The van der Waals surface area contributed by atoms with Crippen molar-refractivity contribution in [2.45, 2.75) is 11.8 Å². The number of carbonyl (C=O) groups is 2. The Labute approximate surface area is 210 Å². The average Bonchev–Trinajstić information content (AvgIpc) is 3.22. The summed E-state index contributed by atoms with van der Waals surface area (Å²) in [5, 5.41) is 2.74. The second-order valence-corrected chi connectivity index (χ2v) is 11.4. The van der Waals surface area contributed by atoms with E-state index >= 15 is 0 Å². The second-order valence-electron chi connectivity index (χ2n) is 8.34. The second kappa shape index (κ2) is 10.5. The van der Waals surface area contributed by atoms with Gasteiger partial charge in [0.1, 0.15) is 5.37 Å². The van der Waals surface area contributed by atoms with Crippen LogP contribution in [0.2, 0.25) is 0 Å². The number of hydrogen-bond donors (Lipinski definition) is 1. The molecule has 0 radical (unpaired) electrons. The number of hydrogen-bond acceptors (Lipinski definition) is 5. The van der Waals surface area contributed by atoms with E-state index in [0.717, 1.165) is 22.5 Å². The fourth-order valence-corrected chi connectivity index (χ4v) is 5.55. The minimum absolute atomic E-state index is 0.0773. The highest BCUT2D eigenvalue weighted by Gasteiger charge is 2.32. The van der Waals surface area contributed by atoms with E-state index in [1.807, 2.05) is 35.2 Å². The van der Waals surface area contributed by atoms with Gasteiger partial charge in [0.15, 0.2) is 0 Å². The summed E-state index contributed by atoms with van der Waals surface area (Å²) in [6.07, 6.45) is 1.91. The van der Waals surface area contributed by atoms with Gasteiger partial charge < -0.3 is 10.2 Å². The lowest BCUT2D eigenvalue weighted by Gasteiger charge is -2.24. The largest absolute Gasteiger partial charge is 0.326 e. The molecule has 1 saturated heterocycles. The number of sulfonamides is 1. The quantitative estimate of drug-likeness (QED) is 0.493. The Morgan fingerprint density at radius 1 is 1.06 bits per heavy atom. The van der Waals surface area contributed by atoms with Gasteiger partial charge in [-0.2, -0.15) is 0 Å². The highest BCUT2D eigenvalue weighted by Crippen LogP contribution is 2.38. The highest BCUT2D eigenvalue weighted by atomic mass is 32.2. The van der Waals surface area contributed by atoms with Crippen molar-refractivity contribution in [1.29, 1.82) is 0 Å². The lowest BCUT2D eigenvalue weighted by Crippen LogP contribution is -2.30. The van der Waals surface area contributed by atoms with E-state index in [1.54, 1.807) is 48.2 Å². The molecule has 4 rings (SSSR count). The van der Waals surface area contributed by atoms with Crippen molar-refractivity contribution in [2.75, 3.05) is 35.2 Å². The summed E-state index contributed by atoms with van der Waals surface area (Å²) >= 11 is 1.59. The van der Waals surface area contributed by atoms with Gasteiger partial charge in [-0.05, 0) is 47.9 Å². The molecule has 1 fully saturated rings. The maximum atomic E-state index is 12.8. The van der Waals surface area contributed by atoms with E-state index in [4.69, 9.17) is 0 Å². The molecular formula is C26H27N3O4S2. The molecule has 1 aliphatic heterocycles. The van der Waals surface area contributed by atoms with Crippen molar-refractivity contribution in [2.24, 2.45) is 0 Å². The molecule has 2 amide bonds. The zero-order valence-corrected chi connectivity index (χ0v) is 21.2. The zero-order valence-electron chi connectivity index (χ0n) is 19.5. The average molecular weight is 510 g/mol. The molecule has 9 heteroatoms. The fourth-order valence-electron chi connectivity index (χ4n) is 3.84. The van der Waals surface area contributed by atoms with Crippen LogP contribution in [0.1, 0.15) is 26.9 Å². The van der Waals surface area contributed by atoms with Crippen molar-refractivity contribution >= 4 is 45.0 Å². The number of thioether (sulfide) groups is 1. The number of anilines is 2. The first-order valence-electron chi connectivity index (χ1n) is 11.1. The fraction of sp³-hybridized carbons (Fsp3) is 0.231. The number of rotatable bonds is 8. The number of nitrogens with one attached hydrogen (secondary N) is 1. The van der Waals surface area contributed by atoms with Crippen LogP contribution in [-0.2, 0) is 21.2 Å². The van der Waals surface area contributed by atoms with E-state index in [-0.39, 0.29) is 17.2 Å². The van der Waals surface area contributed by atoms with Crippen molar-refractivity contribution < 1.29 is 18.0 Å². The van der Waals surface area contributed by atoms with Crippen LogP contribution in [-0.4, -0.2) is 50.7 Å². The van der Waals surface area contributed by atoms with Crippen LogP contribution >= 0.6 is 11.8 Å². The van der Waals surface area contributed by atoms with E-state index in [1.165, 1.54) is 12.6 Å². The summed E-state index contributed by atoms with van der Waals surface area (Å²) in [6.45, 7) is 0.640. The predicted octanol–water partition coefficient (Wildman–Crippen LogP) is 4.15. The molecule has 0 saturated carbocycles. The molecule has 0 bridgehead atoms. The molecule has 182 valence electrons. The highest BCUT2D eigenvalue weighted by molar-refractivity contribution is 8.00. The van der Waals surface area contributed by atoms with Crippen LogP contribution in [0, 0.1) is 0 Å². The molecule has 1 N–H and O–H groups in total. The van der Waals surface area contributed by atoms with Gasteiger partial charge in [0.25, 0.3) is 5.91 Å². The number of carbonyl (C=O) groups excluding carboxylic acids is 2. The summed E-state index contributed by atoms with van der Waals surface area (Å²) in [7, 11) is -1.94. The Morgan fingerprint density at radius 3 is 2.46 bits per heavy atom. The molecular weight excluding hydrogens is 482 g/mol. The number of nitrogens with zero attached hydrogens (tertiary/aromatic N) is 2. The maximum Gasteiger partial charge on any atom is 0.255 e. The number of amides is 2. The van der Waals surface area contributed by atoms with Gasteiger partial charge in [-0.1, -0.05) is 48.5 Å². The van der Waals surface area contributed by atoms with Crippen molar-refractivity contribution in [3.8, 4) is 0 Å². The Bertz CT molecular complexity index is 1310. The third-order valence-corrected chi connectivity index (χ3v) is 8.34. The van der Waals surface area contributed by atoms with Crippen LogP contribution < -0.4 is 9.62 Å². The van der Waals surface area contributed by atoms with Crippen LogP contribution in [0.25, 0.3) is 0 Å². The minimum atomic E-state index is -3.40. The topological polar surface area (TPSA) is 86.8 Å². The first-order chi connectivity index (χ1) is 16.7. The third kappa shape index (κ3) is 6.04. The van der Waals surface area contributed by atoms with Gasteiger partial charge >= 0.3 is 0 Å². The monoisotopic (exact) mass is 509 g/mol. The predicted molar refractivity (Wildman–Crippen MR) is 141 cm³/mol. The maximum absolute atomic E-state index is 12.8. The summed E-state index contributed by atoms with van der Waals surface area (Å²) in [4.78, 5) is 27.2. The van der Waals surface area contributed by atoms with Gasteiger partial charge in [-0.3, -0.25) is 13.9 Å². The summed E-state index contributed by atoms with van der Waals surface area (Å²) in [5.41, 5.74) is 3.59. The summed E-state index contributed by atoms with van der Waals surface area (Å²) < 4.78 is 24.7. The Balaban J connectivity index is 1.43. The SMILES string of the molecule is CN(c1cccc(NC(=O)c2ccc([C@H]3SCC(=O)N3CCc3ccccc3)cc2)c1)S(C)(=O)=O. The lowest BCUT2D eigenvalue weighted by molar-refractivity contribution is -0.128. The van der Waals surface area contributed by atoms with Crippen molar-refractivity contribution in [3.05, 3.63) is 95.6 Å². The van der Waals surface area contributed by atoms with E-state index in [0.29, 0.717) is 29.2 Å². The normalized spacial score (nSPS) is 15.8. The standard InChI is InChI=1S/C26H27N3O4S2/c1-28(35(2,32)33)23-10-6-9-22(17-23)27-25(31)20-11-13-21(14-12-20)26-29(24(30)18-34-26)16-15-19-7-4-3-5-8-19/h3-14,17,26H,15-16,18H2,1-2H3,(H,27,31)/t26-/m1/s1. The molecule has 1 atom stereocenters. The Hall–Kier alpha value is -3.30. The van der Waals surface area contributed by atoms with Gasteiger partial charge in [-0.25, -0.2) is 8.42 Å². The third-order valence-electron chi connectivity index (χ3n) is 5.88. The first-order valence-corrected chi connectivity index (χ1v) is 14.0. The van der Waals surface area contributed by atoms with Gasteiger partial charge in [-0.15, -0.1) is 11.8 Å². The zero-order chi connectivity index (χ0) is 25.0. The number of benzene rings is 3. The Kier molecular flexibility index (Phi) is 7.47. The molecule has 3 aromatic carbocycles. The van der Waals surface area contributed by atoms with E-state index in [2.05, 4.69) is 17.4 Å². The molecule has 3 aromatic rings. The summed E-state index contributed by atoms with van der Waals surface area (Å²) in [5.74, 6) is 0.267. The van der Waals surface area contributed by atoms with Gasteiger partial charge in [0.2, 0.25) is 15.9 Å². The summed E-state index contributed by atoms with van der Waals surface area (Å²) in [6, 6.07) is 24.0. The molecule has 0 unspecified atom stereocenters. The Morgan fingerprint density at radius 2 is 1.77 bits per heavy atom. The molecule has 1 aliphatic rings. The van der Waals surface area contributed by atoms with Crippen molar-refractivity contribution in [3.63, 3.8) is 0 Å². The molecule has 35 heavy (non-hydrogen) atoms. The molecule has 1 heterocycles. The van der Waals surface area contributed by atoms with E-state index < -0.39 is 10.0 Å². The molecule has 0 spiro atoms. The lowest BCUT2D eigenvalue weighted by atomic mass is 10.1. The smallest absolute Gasteiger partial charge is 0.255 e. The van der Waals surface area contributed by atoms with E-state index in [9.17, 15) is 18.0 Å². The van der Waals surface area contributed by atoms with Crippen LogP contribution in [0.5, 0.6) is 0 Å². The first kappa shape index (κ1) is 24.8. The molecule has 7 nitrogen and oxygen atoms in total. The van der Waals surface area contributed by atoms with Gasteiger partial charge in [0.05, 0.1) is 17.7 Å².